The molecule has 112 valence electrons. The second-order valence-corrected chi connectivity index (χ2v) is 6.39. The molecule has 0 amide bonds. The van der Waals surface area contributed by atoms with E-state index in [0.29, 0.717) is 26.1 Å². The fraction of sp³-hybridized carbons (Fsp3) is 0.500. The van der Waals surface area contributed by atoms with Crippen LogP contribution in [0.3, 0.4) is 0 Å². The summed E-state index contributed by atoms with van der Waals surface area (Å²) < 4.78 is 66.1. The van der Waals surface area contributed by atoms with Crippen LogP contribution in [-0.4, -0.2) is 33.2 Å². The summed E-state index contributed by atoms with van der Waals surface area (Å²) in [6.45, 7) is 1.01. The van der Waals surface area contributed by atoms with E-state index in [4.69, 9.17) is 4.74 Å². The molecule has 1 N–H and O–H groups in total. The van der Waals surface area contributed by atoms with Crippen LogP contribution in [0.5, 0.6) is 0 Å². The second kappa shape index (κ2) is 5.61. The topological polar surface area (TPSA) is 55.4 Å². The first kappa shape index (κ1) is 15.1. The molecule has 1 aliphatic heterocycles. The van der Waals surface area contributed by atoms with Crippen LogP contribution in [0.2, 0.25) is 0 Å². The highest BCUT2D eigenvalue weighted by Gasteiger charge is 2.48. The number of rotatable bonds is 3. The van der Waals surface area contributed by atoms with E-state index < -0.39 is 20.2 Å². The number of hydrogen-bond acceptors (Lipinski definition) is 4. The molecule has 0 aliphatic carbocycles. The number of ether oxygens (including phenoxy) is 1. The molecule has 0 atom stereocenters. The maximum absolute atomic E-state index is 12.6. The van der Waals surface area contributed by atoms with Crippen molar-refractivity contribution in [2.45, 2.75) is 29.3 Å². The van der Waals surface area contributed by atoms with Crippen molar-refractivity contribution >= 4 is 15.5 Å². The molecule has 20 heavy (non-hydrogen) atoms. The SMILES string of the molecule is O=S(=O)(c1ccccc1NC1CCOCC1)C(F)(F)F. The third-order valence-electron chi connectivity index (χ3n) is 3.06. The highest BCUT2D eigenvalue weighted by atomic mass is 32.2. The Morgan fingerprint density at radius 1 is 1.15 bits per heavy atom. The predicted octanol–water partition coefficient (Wildman–Crippen LogP) is 2.57. The van der Waals surface area contributed by atoms with E-state index in [2.05, 4.69) is 5.32 Å². The summed E-state index contributed by atoms with van der Waals surface area (Å²) in [5.41, 5.74) is -5.32. The third kappa shape index (κ3) is 3.06. The predicted molar refractivity (Wildman–Crippen MR) is 67.1 cm³/mol. The minimum atomic E-state index is -5.35. The summed E-state index contributed by atoms with van der Waals surface area (Å²) in [5.74, 6) is 0. The van der Waals surface area contributed by atoms with Gasteiger partial charge in [0.25, 0.3) is 9.84 Å². The molecule has 0 saturated carbocycles. The van der Waals surface area contributed by atoms with Gasteiger partial charge < -0.3 is 10.1 Å². The molecule has 0 aromatic heterocycles. The number of nitrogens with one attached hydrogen (secondary N) is 1. The Morgan fingerprint density at radius 3 is 2.35 bits per heavy atom. The Labute approximate surface area is 114 Å². The van der Waals surface area contributed by atoms with Gasteiger partial charge in [-0.2, -0.15) is 13.2 Å². The largest absolute Gasteiger partial charge is 0.501 e. The minimum absolute atomic E-state index is 0.0169. The lowest BCUT2D eigenvalue weighted by Gasteiger charge is -2.25. The van der Waals surface area contributed by atoms with Crippen LogP contribution in [0, 0.1) is 0 Å². The molecule has 0 bridgehead atoms. The molecule has 0 spiro atoms. The van der Waals surface area contributed by atoms with Crippen LogP contribution >= 0.6 is 0 Å². The van der Waals surface area contributed by atoms with Crippen LogP contribution in [0.1, 0.15) is 12.8 Å². The van der Waals surface area contributed by atoms with E-state index in [1.807, 2.05) is 0 Å². The monoisotopic (exact) mass is 309 g/mol. The summed E-state index contributed by atoms with van der Waals surface area (Å²) in [4.78, 5) is -0.737. The first-order chi connectivity index (χ1) is 9.32. The van der Waals surface area contributed by atoms with Gasteiger partial charge in [-0.3, -0.25) is 0 Å². The number of hydrogen-bond donors (Lipinski definition) is 1. The van der Waals surface area contributed by atoms with Crippen molar-refractivity contribution in [1.82, 2.24) is 0 Å². The Kier molecular flexibility index (Phi) is 4.24. The second-order valence-electron chi connectivity index (χ2n) is 4.48. The minimum Gasteiger partial charge on any atom is -0.381 e. The average Bonchev–Trinajstić information content (AvgIpc) is 2.39. The third-order valence-corrected chi connectivity index (χ3v) is 4.61. The van der Waals surface area contributed by atoms with Crippen molar-refractivity contribution in [2.75, 3.05) is 18.5 Å². The van der Waals surface area contributed by atoms with Gasteiger partial charge in [-0.1, -0.05) is 12.1 Å². The Balaban J connectivity index is 2.31. The summed E-state index contributed by atoms with van der Waals surface area (Å²) in [6, 6.07) is 4.98. The van der Waals surface area contributed by atoms with Crippen LogP contribution in [0.25, 0.3) is 0 Å². The molecule has 2 rings (SSSR count). The Hall–Kier alpha value is -1.28. The van der Waals surface area contributed by atoms with Gasteiger partial charge in [0, 0.05) is 19.3 Å². The van der Waals surface area contributed by atoms with E-state index in [-0.39, 0.29) is 11.7 Å². The number of anilines is 1. The van der Waals surface area contributed by atoms with Crippen LogP contribution in [-0.2, 0) is 14.6 Å². The maximum atomic E-state index is 12.6. The molecule has 1 aliphatic rings. The molecule has 0 radical (unpaired) electrons. The first-order valence-electron chi connectivity index (χ1n) is 6.07. The summed E-state index contributed by atoms with van der Waals surface area (Å²) in [6.07, 6.45) is 1.25. The lowest BCUT2D eigenvalue weighted by atomic mass is 10.1. The lowest BCUT2D eigenvalue weighted by molar-refractivity contribution is -0.0435. The van der Waals surface area contributed by atoms with Gasteiger partial charge in [-0.15, -0.1) is 0 Å². The zero-order valence-electron chi connectivity index (χ0n) is 10.5. The number of sulfone groups is 1. The van der Waals surface area contributed by atoms with Crippen molar-refractivity contribution < 1.29 is 26.3 Å². The van der Waals surface area contributed by atoms with Crippen LogP contribution in [0.4, 0.5) is 18.9 Å². The van der Waals surface area contributed by atoms with Crippen LogP contribution in [0.15, 0.2) is 29.2 Å². The highest BCUT2D eigenvalue weighted by molar-refractivity contribution is 7.92. The van der Waals surface area contributed by atoms with E-state index in [1.165, 1.54) is 18.2 Å². The zero-order valence-corrected chi connectivity index (χ0v) is 11.3. The average molecular weight is 309 g/mol. The van der Waals surface area contributed by atoms with E-state index in [9.17, 15) is 21.6 Å². The summed E-state index contributed by atoms with van der Waals surface area (Å²) in [5, 5.41) is 2.87. The summed E-state index contributed by atoms with van der Waals surface area (Å²) in [7, 11) is -5.35. The molecule has 1 aromatic carbocycles. The lowest BCUT2D eigenvalue weighted by Crippen LogP contribution is -2.30. The van der Waals surface area contributed by atoms with E-state index in [1.54, 1.807) is 0 Å². The van der Waals surface area contributed by atoms with Gasteiger partial charge in [-0.05, 0) is 25.0 Å². The van der Waals surface area contributed by atoms with Gasteiger partial charge in [0.2, 0.25) is 0 Å². The van der Waals surface area contributed by atoms with Crippen molar-refractivity contribution in [2.24, 2.45) is 0 Å². The van der Waals surface area contributed by atoms with E-state index in [0.717, 1.165) is 6.07 Å². The first-order valence-corrected chi connectivity index (χ1v) is 7.55. The highest BCUT2D eigenvalue weighted by Crippen LogP contribution is 2.34. The molecule has 1 aromatic rings. The molecular weight excluding hydrogens is 295 g/mol. The number of alkyl halides is 3. The standard InChI is InChI=1S/C12H14F3NO3S/c13-12(14,15)20(17,18)11-4-2-1-3-10(11)16-9-5-7-19-8-6-9/h1-4,9,16H,5-8H2. The van der Waals surface area contributed by atoms with Gasteiger partial charge in [0.05, 0.1) is 10.6 Å². The molecule has 0 unspecified atom stereocenters. The fourth-order valence-electron chi connectivity index (χ4n) is 2.01. The van der Waals surface area contributed by atoms with Gasteiger partial charge in [0.1, 0.15) is 0 Å². The van der Waals surface area contributed by atoms with Gasteiger partial charge in [0.15, 0.2) is 0 Å². The fourth-order valence-corrected chi connectivity index (χ4v) is 2.93. The molecule has 1 fully saturated rings. The maximum Gasteiger partial charge on any atom is 0.501 e. The number of halogens is 3. The molecule has 1 saturated heterocycles. The quantitative estimate of drug-likeness (QED) is 0.932. The van der Waals surface area contributed by atoms with Crippen molar-refractivity contribution in [3.05, 3.63) is 24.3 Å². The number of para-hydroxylation sites is 1. The van der Waals surface area contributed by atoms with Crippen LogP contribution < -0.4 is 5.32 Å². The zero-order chi connectivity index (χ0) is 14.8. The van der Waals surface area contributed by atoms with Crippen molar-refractivity contribution in [3.8, 4) is 0 Å². The molecular formula is C12H14F3NO3S. The smallest absolute Gasteiger partial charge is 0.381 e. The van der Waals surface area contributed by atoms with Gasteiger partial charge >= 0.3 is 5.51 Å². The van der Waals surface area contributed by atoms with E-state index >= 15 is 0 Å². The molecule has 1 heterocycles. The number of benzene rings is 1. The molecule has 4 nitrogen and oxygen atoms in total. The molecule has 8 heteroatoms. The van der Waals surface area contributed by atoms with Crippen molar-refractivity contribution in [1.29, 1.82) is 0 Å². The Morgan fingerprint density at radius 2 is 1.75 bits per heavy atom. The van der Waals surface area contributed by atoms with Crippen molar-refractivity contribution in [3.63, 3.8) is 0 Å². The normalized spacial score (nSPS) is 17.9. The van der Waals surface area contributed by atoms with Gasteiger partial charge in [-0.25, -0.2) is 8.42 Å². The Bertz CT molecular complexity index is 566. The summed E-state index contributed by atoms with van der Waals surface area (Å²) >= 11 is 0.